The molecule has 39 heavy (non-hydrogen) atoms. The predicted octanol–water partition coefficient (Wildman–Crippen LogP) is 3.21. The fourth-order valence-electron chi connectivity index (χ4n) is 4.99. The molecule has 1 unspecified atom stereocenters. The van der Waals surface area contributed by atoms with Crippen LogP contribution in [0.5, 0.6) is 11.5 Å². The first kappa shape index (κ1) is 28.0. The van der Waals surface area contributed by atoms with Crippen LogP contribution in [0.1, 0.15) is 32.7 Å². The second kappa shape index (κ2) is 12.7. The fourth-order valence-corrected chi connectivity index (χ4v) is 4.99. The lowest BCUT2D eigenvalue weighted by molar-refractivity contribution is 0.0368. The average Bonchev–Trinajstić information content (AvgIpc) is 3.23. The van der Waals surface area contributed by atoms with Gasteiger partial charge in [0.25, 0.3) is 0 Å². The molecule has 1 aliphatic rings. The Balaban J connectivity index is 1.28. The number of aromatic nitrogens is 2. The average molecular weight is 540 g/mol. The van der Waals surface area contributed by atoms with Crippen LogP contribution in [0.2, 0.25) is 0 Å². The van der Waals surface area contributed by atoms with E-state index in [4.69, 9.17) is 19.9 Å². The van der Waals surface area contributed by atoms with E-state index in [9.17, 15) is 14.4 Å². The fraction of sp³-hybridized carbons (Fsp3) is 0.464. The molecule has 11 heteroatoms. The van der Waals surface area contributed by atoms with Crippen LogP contribution in [0.4, 0.5) is 9.59 Å². The molecule has 11 nitrogen and oxygen atoms in total. The van der Waals surface area contributed by atoms with Crippen LogP contribution in [-0.2, 0) is 4.74 Å². The van der Waals surface area contributed by atoms with Crippen LogP contribution in [0.3, 0.4) is 0 Å². The highest BCUT2D eigenvalue weighted by atomic mass is 16.6. The molecular formula is C28H37N5O6. The molecule has 2 amide bonds. The summed E-state index contributed by atoms with van der Waals surface area (Å²) in [6, 6.07) is 14.0. The topological polar surface area (TPSA) is 130 Å². The van der Waals surface area contributed by atoms with E-state index in [2.05, 4.69) is 10.2 Å². The van der Waals surface area contributed by atoms with Gasteiger partial charge >= 0.3 is 17.8 Å². The third-order valence-corrected chi connectivity index (χ3v) is 6.99. The number of hydrogen-bond acceptors (Lipinski definition) is 7. The van der Waals surface area contributed by atoms with Crippen LogP contribution >= 0.6 is 0 Å². The Morgan fingerprint density at radius 1 is 1.03 bits per heavy atom. The molecule has 1 fully saturated rings. The number of nitrogens with two attached hydrogens (primary N) is 1. The molecule has 2 heterocycles. The Kier molecular flexibility index (Phi) is 9.13. The molecule has 1 aliphatic heterocycles. The SMILES string of the molecule is COc1ccc(OCC(CN2CCC(CNC(=O)n3c(=O)n(C(C)C)c4ccccc43)CC2)OC(N)=O)cc1. The molecule has 4 rings (SSSR count). The van der Waals surface area contributed by atoms with Gasteiger partial charge in [0.1, 0.15) is 18.1 Å². The van der Waals surface area contributed by atoms with Gasteiger partial charge in [0, 0.05) is 19.1 Å². The highest BCUT2D eigenvalue weighted by Gasteiger charge is 2.25. The maximum atomic E-state index is 13.0. The van der Waals surface area contributed by atoms with Gasteiger partial charge in [-0.1, -0.05) is 12.1 Å². The van der Waals surface area contributed by atoms with E-state index in [-0.39, 0.29) is 24.3 Å². The van der Waals surface area contributed by atoms with Gasteiger partial charge < -0.3 is 25.3 Å². The van der Waals surface area contributed by atoms with Crippen molar-refractivity contribution < 1.29 is 23.8 Å². The van der Waals surface area contributed by atoms with E-state index in [1.54, 1.807) is 42.0 Å². The first-order valence-corrected chi connectivity index (χ1v) is 13.2. The quantitative estimate of drug-likeness (QED) is 0.405. The zero-order chi connectivity index (χ0) is 27.9. The normalized spacial score (nSPS) is 15.3. The maximum absolute atomic E-state index is 13.0. The summed E-state index contributed by atoms with van der Waals surface area (Å²) in [6.45, 7) is 6.53. The minimum absolute atomic E-state index is 0.0650. The number of para-hydroxylation sites is 2. The monoisotopic (exact) mass is 539 g/mol. The number of primary amides is 1. The number of likely N-dealkylation sites (tertiary alicyclic amines) is 1. The summed E-state index contributed by atoms with van der Waals surface area (Å²) in [5, 5.41) is 2.96. The Hall–Kier alpha value is -3.99. The van der Waals surface area contributed by atoms with Crippen molar-refractivity contribution in [3.63, 3.8) is 0 Å². The molecule has 0 aliphatic carbocycles. The van der Waals surface area contributed by atoms with Gasteiger partial charge in [-0.05, 0) is 82.1 Å². The van der Waals surface area contributed by atoms with Gasteiger partial charge in [-0.2, -0.15) is 0 Å². The molecule has 1 saturated heterocycles. The van der Waals surface area contributed by atoms with E-state index in [0.717, 1.165) is 37.2 Å². The Morgan fingerprint density at radius 2 is 1.67 bits per heavy atom. The molecule has 0 spiro atoms. The summed E-state index contributed by atoms with van der Waals surface area (Å²) in [5.41, 5.74) is 6.29. The number of imidazole rings is 1. The number of carbonyl (C=O) groups excluding carboxylic acids is 2. The molecule has 2 aromatic carbocycles. The Labute approximate surface area is 227 Å². The molecule has 0 radical (unpaired) electrons. The van der Waals surface area contributed by atoms with E-state index >= 15 is 0 Å². The van der Waals surface area contributed by atoms with Crippen molar-refractivity contribution in [3.8, 4) is 11.5 Å². The molecule has 1 aromatic heterocycles. The largest absolute Gasteiger partial charge is 0.497 e. The number of nitrogens with one attached hydrogen (secondary N) is 1. The number of methoxy groups -OCH3 is 1. The lowest BCUT2D eigenvalue weighted by atomic mass is 9.96. The summed E-state index contributed by atoms with van der Waals surface area (Å²) in [4.78, 5) is 39.7. The summed E-state index contributed by atoms with van der Waals surface area (Å²) in [7, 11) is 1.59. The van der Waals surface area contributed by atoms with Crippen molar-refractivity contribution in [1.29, 1.82) is 0 Å². The Bertz CT molecular complexity index is 1320. The first-order valence-electron chi connectivity index (χ1n) is 13.2. The minimum Gasteiger partial charge on any atom is -0.497 e. The minimum atomic E-state index is -0.843. The van der Waals surface area contributed by atoms with Crippen LogP contribution in [0.15, 0.2) is 53.3 Å². The number of ether oxygens (including phenoxy) is 3. The molecule has 3 N–H and O–H groups in total. The number of amides is 2. The third kappa shape index (κ3) is 6.91. The van der Waals surface area contributed by atoms with Crippen molar-refractivity contribution in [2.24, 2.45) is 11.7 Å². The third-order valence-electron chi connectivity index (χ3n) is 6.99. The van der Waals surface area contributed by atoms with Crippen molar-refractivity contribution >= 4 is 23.2 Å². The second-order valence-corrected chi connectivity index (χ2v) is 10.0. The van der Waals surface area contributed by atoms with Crippen molar-refractivity contribution in [1.82, 2.24) is 19.4 Å². The Morgan fingerprint density at radius 3 is 2.28 bits per heavy atom. The van der Waals surface area contributed by atoms with Crippen molar-refractivity contribution in [2.45, 2.75) is 38.8 Å². The molecule has 1 atom stereocenters. The van der Waals surface area contributed by atoms with E-state index in [1.165, 1.54) is 4.57 Å². The number of hydrogen-bond donors (Lipinski definition) is 2. The number of piperidine rings is 1. The number of rotatable bonds is 10. The number of nitrogens with zero attached hydrogens (tertiary/aromatic N) is 3. The lowest BCUT2D eigenvalue weighted by Crippen LogP contribution is -2.45. The number of benzene rings is 2. The van der Waals surface area contributed by atoms with Gasteiger partial charge in [-0.3, -0.25) is 9.47 Å². The summed E-state index contributed by atoms with van der Waals surface area (Å²) < 4.78 is 19.1. The molecule has 3 aromatic rings. The maximum Gasteiger partial charge on any atom is 0.404 e. The molecular weight excluding hydrogens is 502 g/mol. The number of carbonyl (C=O) groups is 2. The molecule has 0 bridgehead atoms. The summed E-state index contributed by atoms with van der Waals surface area (Å²) in [6.07, 6.45) is 0.341. The van der Waals surface area contributed by atoms with Crippen LogP contribution < -0.4 is 26.2 Å². The van der Waals surface area contributed by atoms with E-state index in [1.807, 2.05) is 32.0 Å². The van der Waals surface area contributed by atoms with Crippen LogP contribution in [0.25, 0.3) is 11.0 Å². The lowest BCUT2D eigenvalue weighted by Gasteiger charge is -2.33. The van der Waals surface area contributed by atoms with Crippen molar-refractivity contribution in [3.05, 3.63) is 59.0 Å². The van der Waals surface area contributed by atoms with Gasteiger partial charge in [-0.15, -0.1) is 0 Å². The smallest absolute Gasteiger partial charge is 0.404 e. The molecule has 210 valence electrons. The second-order valence-electron chi connectivity index (χ2n) is 10.0. The van der Waals surface area contributed by atoms with Crippen LogP contribution in [-0.4, -0.2) is 72.2 Å². The summed E-state index contributed by atoms with van der Waals surface area (Å²) >= 11 is 0. The first-order chi connectivity index (χ1) is 18.8. The van der Waals surface area contributed by atoms with Gasteiger partial charge in [-0.25, -0.2) is 19.0 Å². The van der Waals surface area contributed by atoms with Gasteiger partial charge in [0.15, 0.2) is 6.10 Å². The summed E-state index contributed by atoms with van der Waals surface area (Å²) in [5.74, 6) is 1.63. The number of fused-ring (bicyclic) bond motifs is 1. The predicted molar refractivity (Wildman–Crippen MR) is 147 cm³/mol. The zero-order valence-electron chi connectivity index (χ0n) is 22.7. The van der Waals surface area contributed by atoms with Gasteiger partial charge in [0.2, 0.25) is 0 Å². The molecule has 0 saturated carbocycles. The highest BCUT2D eigenvalue weighted by Crippen LogP contribution is 2.20. The zero-order valence-corrected chi connectivity index (χ0v) is 22.7. The van der Waals surface area contributed by atoms with Gasteiger partial charge in [0.05, 0.1) is 18.1 Å². The van der Waals surface area contributed by atoms with E-state index < -0.39 is 18.2 Å². The standard InChI is InChI=1S/C28H37N5O6/c1-19(2)32-24-6-4-5-7-25(24)33(28(32)36)27(35)30-16-20-12-14-31(15-13-20)17-23(39-26(29)34)18-38-22-10-8-21(37-3)9-11-22/h4-11,19-20,23H,12-18H2,1-3H3,(H2,29,34)(H,30,35). The van der Waals surface area contributed by atoms with Crippen molar-refractivity contribution in [2.75, 3.05) is 39.9 Å². The van der Waals surface area contributed by atoms with E-state index in [0.29, 0.717) is 24.4 Å². The highest BCUT2D eigenvalue weighted by molar-refractivity contribution is 5.89. The van der Waals surface area contributed by atoms with Crippen LogP contribution in [0, 0.1) is 5.92 Å².